The Kier molecular flexibility index (Phi) is 7.14. The van der Waals surface area contributed by atoms with Crippen LogP contribution in [0.4, 0.5) is 11.4 Å². The molecule has 166 valence electrons. The van der Waals surface area contributed by atoms with Crippen molar-refractivity contribution in [3.63, 3.8) is 0 Å². The summed E-state index contributed by atoms with van der Waals surface area (Å²) in [5, 5.41) is 13.8. The molecule has 1 aliphatic heterocycles. The van der Waals surface area contributed by atoms with Crippen LogP contribution < -0.4 is 15.0 Å². The van der Waals surface area contributed by atoms with Crippen molar-refractivity contribution in [3.8, 4) is 5.75 Å². The fourth-order valence-corrected chi connectivity index (χ4v) is 3.75. The molecule has 1 fully saturated rings. The second-order valence-corrected chi connectivity index (χ2v) is 7.95. The number of hydrogen-bond acceptors (Lipinski definition) is 5. The lowest BCUT2D eigenvalue weighted by Gasteiger charge is -2.30. The van der Waals surface area contributed by atoms with Crippen molar-refractivity contribution in [1.82, 2.24) is 0 Å². The molecule has 3 aromatic rings. The highest BCUT2D eigenvalue weighted by Gasteiger charge is 2.19. The number of carboxylic acid groups (broad SMARTS) is 1. The fraction of sp³-hybridized carbons (Fsp3) is 0.240. The molecule has 1 heterocycles. The molecule has 6 nitrogen and oxygen atoms in total. The van der Waals surface area contributed by atoms with Crippen molar-refractivity contribution in [2.45, 2.75) is 13.2 Å². The third kappa shape index (κ3) is 5.52. The summed E-state index contributed by atoms with van der Waals surface area (Å²) in [6.45, 7) is 3.52. The number of para-hydroxylation sites is 1. The molecule has 0 saturated carbocycles. The maximum atomic E-state index is 11.9. The van der Waals surface area contributed by atoms with Gasteiger partial charge in [0.1, 0.15) is 12.4 Å². The van der Waals surface area contributed by atoms with Gasteiger partial charge in [-0.1, -0.05) is 41.9 Å². The maximum Gasteiger partial charge on any atom is 0.337 e. The minimum Gasteiger partial charge on any atom is -0.489 e. The van der Waals surface area contributed by atoms with Crippen molar-refractivity contribution in [3.05, 3.63) is 88.4 Å². The van der Waals surface area contributed by atoms with E-state index in [1.807, 2.05) is 60.7 Å². The Labute approximate surface area is 192 Å². The van der Waals surface area contributed by atoms with Crippen molar-refractivity contribution >= 4 is 28.9 Å². The van der Waals surface area contributed by atoms with Gasteiger partial charge in [-0.25, -0.2) is 4.79 Å². The lowest BCUT2D eigenvalue weighted by Crippen LogP contribution is -2.37. The summed E-state index contributed by atoms with van der Waals surface area (Å²) >= 11 is 5.94. The van der Waals surface area contributed by atoms with Gasteiger partial charge in [0.15, 0.2) is 0 Å². The molecule has 0 bridgehead atoms. The first kappa shape index (κ1) is 22.0. The lowest BCUT2D eigenvalue weighted by molar-refractivity contribution is 0.0696. The Bertz CT molecular complexity index is 1070. The molecular formula is C25H25ClN2O4. The molecule has 0 spiro atoms. The average Bonchev–Trinajstić information content (AvgIpc) is 2.83. The summed E-state index contributed by atoms with van der Waals surface area (Å²) in [6.07, 6.45) is 0. The molecule has 3 aromatic carbocycles. The number of nitrogens with one attached hydrogen (secondary N) is 1. The molecule has 7 heteroatoms. The van der Waals surface area contributed by atoms with E-state index < -0.39 is 5.97 Å². The first-order valence-electron chi connectivity index (χ1n) is 10.5. The number of ether oxygens (including phenoxy) is 2. The van der Waals surface area contributed by atoms with E-state index in [1.54, 1.807) is 6.07 Å². The van der Waals surface area contributed by atoms with Gasteiger partial charge >= 0.3 is 5.97 Å². The van der Waals surface area contributed by atoms with Gasteiger partial charge in [0, 0.05) is 35.9 Å². The van der Waals surface area contributed by atoms with E-state index in [1.165, 1.54) is 0 Å². The van der Waals surface area contributed by atoms with E-state index in [-0.39, 0.29) is 5.56 Å². The SMILES string of the molecule is O=C(O)c1cc(NCc2ccccc2OCc2ccc(Cl)cc2)ccc1N1CCOCC1. The van der Waals surface area contributed by atoms with Gasteiger partial charge in [-0.2, -0.15) is 0 Å². The molecule has 4 rings (SSSR count). The average molecular weight is 453 g/mol. The van der Waals surface area contributed by atoms with Crippen molar-refractivity contribution in [1.29, 1.82) is 0 Å². The second-order valence-electron chi connectivity index (χ2n) is 7.51. The van der Waals surface area contributed by atoms with Crippen LogP contribution in [0.1, 0.15) is 21.5 Å². The number of anilines is 2. The third-order valence-electron chi connectivity index (χ3n) is 5.34. The van der Waals surface area contributed by atoms with Crippen LogP contribution in [0.25, 0.3) is 0 Å². The van der Waals surface area contributed by atoms with E-state index in [4.69, 9.17) is 21.1 Å². The number of benzene rings is 3. The van der Waals surface area contributed by atoms with E-state index in [0.29, 0.717) is 44.5 Å². The van der Waals surface area contributed by atoms with Gasteiger partial charge in [-0.3, -0.25) is 0 Å². The Morgan fingerprint density at radius 3 is 2.56 bits per heavy atom. The number of aromatic carboxylic acids is 1. The molecule has 0 amide bonds. The predicted molar refractivity (Wildman–Crippen MR) is 126 cm³/mol. The van der Waals surface area contributed by atoms with E-state index >= 15 is 0 Å². The maximum absolute atomic E-state index is 11.9. The lowest BCUT2D eigenvalue weighted by atomic mass is 10.1. The predicted octanol–water partition coefficient (Wildman–Crippen LogP) is 5.07. The molecule has 1 aliphatic rings. The van der Waals surface area contributed by atoms with Crippen LogP contribution in [0, 0.1) is 0 Å². The van der Waals surface area contributed by atoms with Crippen LogP contribution in [-0.4, -0.2) is 37.4 Å². The second kappa shape index (κ2) is 10.4. The molecule has 0 unspecified atom stereocenters. The Balaban J connectivity index is 1.44. The fourth-order valence-electron chi connectivity index (χ4n) is 3.63. The zero-order chi connectivity index (χ0) is 22.3. The highest BCUT2D eigenvalue weighted by atomic mass is 35.5. The van der Waals surface area contributed by atoms with Gasteiger partial charge in [0.2, 0.25) is 0 Å². The first-order chi connectivity index (χ1) is 15.6. The molecular weight excluding hydrogens is 428 g/mol. The number of nitrogens with zero attached hydrogens (tertiary/aromatic N) is 1. The normalized spacial score (nSPS) is 13.6. The number of carboxylic acids is 1. The smallest absolute Gasteiger partial charge is 0.337 e. The molecule has 2 N–H and O–H groups in total. The molecule has 0 aliphatic carbocycles. The Hall–Kier alpha value is -3.22. The summed E-state index contributed by atoms with van der Waals surface area (Å²) < 4.78 is 11.4. The van der Waals surface area contributed by atoms with Gasteiger partial charge < -0.3 is 24.8 Å². The third-order valence-corrected chi connectivity index (χ3v) is 5.59. The summed E-state index contributed by atoms with van der Waals surface area (Å²) in [5.74, 6) is -0.166. The summed E-state index contributed by atoms with van der Waals surface area (Å²) in [7, 11) is 0. The van der Waals surface area contributed by atoms with Crippen LogP contribution in [0.2, 0.25) is 5.02 Å². The van der Waals surface area contributed by atoms with Gasteiger partial charge in [0.25, 0.3) is 0 Å². The molecule has 0 aromatic heterocycles. The topological polar surface area (TPSA) is 71.0 Å². The van der Waals surface area contributed by atoms with Crippen LogP contribution >= 0.6 is 11.6 Å². The van der Waals surface area contributed by atoms with Crippen LogP contribution in [0.15, 0.2) is 66.7 Å². The van der Waals surface area contributed by atoms with E-state index in [0.717, 1.165) is 28.3 Å². The molecule has 1 saturated heterocycles. The Morgan fingerprint density at radius 2 is 1.81 bits per heavy atom. The molecule has 0 atom stereocenters. The number of halogens is 1. The standard InChI is InChI=1S/C25H25ClN2O4/c26-20-7-5-18(6-8-20)17-32-24-4-2-1-3-19(24)16-27-21-9-10-23(22(15-21)25(29)30)28-11-13-31-14-12-28/h1-10,15,27H,11-14,16-17H2,(H,29,30). The largest absolute Gasteiger partial charge is 0.489 e. The van der Waals surface area contributed by atoms with Crippen molar-refractivity contribution in [2.24, 2.45) is 0 Å². The van der Waals surface area contributed by atoms with E-state index in [2.05, 4.69) is 10.2 Å². The summed E-state index contributed by atoms with van der Waals surface area (Å²) in [6, 6.07) is 20.8. The zero-order valence-electron chi connectivity index (χ0n) is 17.6. The highest BCUT2D eigenvalue weighted by molar-refractivity contribution is 6.30. The van der Waals surface area contributed by atoms with Gasteiger partial charge in [-0.05, 0) is 42.0 Å². The summed E-state index contributed by atoms with van der Waals surface area (Å²) in [4.78, 5) is 13.9. The van der Waals surface area contributed by atoms with Crippen LogP contribution in [-0.2, 0) is 17.9 Å². The van der Waals surface area contributed by atoms with Gasteiger partial charge in [0.05, 0.1) is 24.5 Å². The number of rotatable bonds is 8. The van der Waals surface area contributed by atoms with Crippen molar-refractivity contribution < 1.29 is 19.4 Å². The van der Waals surface area contributed by atoms with Crippen LogP contribution in [0.3, 0.4) is 0 Å². The van der Waals surface area contributed by atoms with E-state index in [9.17, 15) is 9.90 Å². The van der Waals surface area contributed by atoms with Crippen molar-refractivity contribution in [2.75, 3.05) is 36.5 Å². The van der Waals surface area contributed by atoms with Crippen LogP contribution in [0.5, 0.6) is 5.75 Å². The Morgan fingerprint density at radius 1 is 1.06 bits per heavy atom. The number of carbonyl (C=O) groups is 1. The zero-order valence-corrected chi connectivity index (χ0v) is 18.3. The monoisotopic (exact) mass is 452 g/mol. The van der Waals surface area contributed by atoms with Gasteiger partial charge in [-0.15, -0.1) is 0 Å². The quantitative estimate of drug-likeness (QED) is 0.497. The molecule has 32 heavy (non-hydrogen) atoms. The summed E-state index contributed by atoms with van der Waals surface area (Å²) in [5.41, 5.74) is 3.76. The highest BCUT2D eigenvalue weighted by Crippen LogP contribution is 2.27. The first-order valence-corrected chi connectivity index (χ1v) is 10.9. The molecule has 0 radical (unpaired) electrons. The number of hydrogen-bond donors (Lipinski definition) is 2. The minimum atomic E-state index is -0.943. The number of morpholine rings is 1. The minimum absolute atomic E-state index is 0.282.